The van der Waals surface area contributed by atoms with Gasteiger partial charge in [0.05, 0.1) is 12.5 Å². The van der Waals surface area contributed by atoms with E-state index < -0.39 is 6.10 Å². The van der Waals surface area contributed by atoms with Crippen LogP contribution >= 0.6 is 0 Å². The number of nitrogens with zero attached hydrogens (tertiary/aromatic N) is 1. The van der Waals surface area contributed by atoms with E-state index in [9.17, 15) is 9.59 Å². The molecule has 0 aromatic rings. The van der Waals surface area contributed by atoms with Crippen molar-refractivity contribution >= 4 is 11.9 Å². The van der Waals surface area contributed by atoms with E-state index in [0.717, 1.165) is 80.8 Å². The standard InChI is InChI=1S/C45H77NO5.2CH4/c1-9-10-29-50-43(48)32-37(51-42(47)19-15-28-46(7)8)18-12-11-13-30-49-36-24-26-44(5)35(31-36)20-21-38-40-23-22-39(34(4)17-14-16-33(2)3)45(40,6)27-25-41(38)44;;/h9-10,20,33-34,36-41H,11-19,21-32H2,1-8H3;2*1H4/b10-9+;;/t34-,36+,37?,38?,39-,40?,41?,44+,45-;;/m1../s1. The topological polar surface area (TPSA) is 65.1 Å². The van der Waals surface area contributed by atoms with Gasteiger partial charge in [-0.1, -0.05) is 99.0 Å². The molecule has 6 heteroatoms. The predicted molar refractivity (Wildman–Crippen MR) is 223 cm³/mol. The van der Waals surface area contributed by atoms with Gasteiger partial charge in [0, 0.05) is 13.0 Å². The van der Waals surface area contributed by atoms with Crippen LogP contribution in [0.3, 0.4) is 0 Å². The number of hydrogen-bond donors (Lipinski definition) is 0. The molecular formula is C47H85NO5. The zero-order valence-electron chi connectivity index (χ0n) is 34.2. The Kier molecular flexibility index (Phi) is 20.4. The van der Waals surface area contributed by atoms with Crippen LogP contribution in [0.2, 0.25) is 0 Å². The van der Waals surface area contributed by atoms with E-state index in [2.05, 4.69) is 45.6 Å². The van der Waals surface area contributed by atoms with Crippen LogP contribution in [-0.4, -0.2) is 62.9 Å². The smallest absolute Gasteiger partial charge is 0.309 e. The molecule has 0 heterocycles. The summed E-state index contributed by atoms with van der Waals surface area (Å²) < 4.78 is 17.6. The summed E-state index contributed by atoms with van der Waals surface area (Å²) in [7, 11) is 3.99. The molecule has 4 aliphatic rings. The van der Waals surface area contributed by atoms with Crippen LogP contribution < -0.4 is 0 Å². The Bertz CT molecular complexity index is 1150. The number of hydrogen-bond acceptors (Lipinski definition) is 6. The third-order valence-electron chi connectivity index (χ3n) is 14.0. The van der Waals surface area contributed by atoms with Gasteiger partial charge in [-0.05, 0) is 151 Å². The Hall–Kier alpha value is -1.66. The summed E-state index contributed by atoms with van der Waals surface area (Å²) in [4.78, 5) is 27.0. The number of carbonyl (C=O) groups is 2. The van der Waals surface area contributed by atoms with E-state index in [-0.39, 0.29) is 39.8 Å². The number of allylic oxidation sites excluding steroid dienone is 2. The van der Waals surface area contributed by atoms with Crippen LogP contribution in [0.1, 0.15) is 172 Å². The van der Waals surface area contributed by atoms with E-state index >= 15 is 0 Å². The van der Waals surface area contributed by atoms with Crippen LogP contribution in [0.4, 0.5) is 0 Å². The van der Waals surface area contributed by atoms with Gasteiger partial charge in [0.25, 0.3) is 0 Å². The van der Waals surface area contributed by atoms with Gasteiger partial charge < -0.3 is 19.1 Å². The second-order valence-electron chi connectivity index (χ2n) is 18.3. The van der Waals surface area contributed by atoms with Gasteiger partial charge in [0.15, 0.2) is 0 Å². The third-order valence-corrected chi connectivity index (χ3v) is 14.0. The van der Waals surface area contributed by atoms with E-state index in [4.69, 9.17) is 14.2 Å². The molecule has 0 aliphatic heterocycles. The first kappa shape index (κ1) is 47.5. The van der Waals surface area contributed by atoms with Crippen molar-refractivity contribution in [2.45, 2.75) is 184 Å². The summed E-state index contributed by atoms with van der Waals surface area (Å²) in [6, 6.07) is 0. The lowest BCUT2D eigenvalue weighted by Gasteiger charge is -2.58. The first-order chi connectivity index (χ1) is 24.4. The lowest BCUT2D eigenvalue weighted by atomic mass is 9.47. The highest BCUT2D eigenvalue weighted by atomic mass is 16.6. The fourth-order valence-corrected chi connectivity index (χ4v) is 11.2. The van der Waals surface area contributed by atoms with Crippen molar-refractivity contribution in [3.8, 4) is 0 Å². The third kappa shape index (κ3) is 13.2. The maximum absolute atomic E-state index is 12.5. The lowest BCUT2D eigenvalue weighted by Crippen LogP contribution is -2.51. The minimum Gasteiger partial charge on any atom is -0.462 e. The fraction of sp³-hybridized carbons (Fsp3) is 0.872. The Labute approximate surface area is 328 Å². The summed E-state index contributed by atoms with van der Waals surface area (Å²) in [5.41, 5.74) is 2.61. The van der Waals surface area contributed by atoms with Gasteiger partial charge in [-0.3, -0.25) is 9.59 Å². The largest absolute Gasteiger partial charge is 0.462 e. The number of carbonyl (C=O) groups excluding carboxylic acids is 2. The number of esters is 2. The maximum atomic E-state index is 12.5. The fourth-order valence-electron chi connectivity index (χ4n) is 11.2. The average Bonchev–Trinajstić information content (AvgIpc) is 3.43. The molecule has 4 aliphatic carbocycles. The molecule has 53 heavy (non-hydrogen) atoms. The van der Waals surface area contributed by atoms with E-state index in [1.54, 1.807) is 11.6 Å². The average molecular weight is 744 g/mol. The highest BCUT2D eigenvalue weighted by Crippen LogP contribution is 2.67. The van der Waals surface area contributed by atoms with Crippen LogP contribution in [0.15, 0.2) is 23.8 Å². The molecule has 0 aromatic heterocycles. The molecule has 0 N–H and O–H groups in total. The highest BCUT2D eigenvalue weighted by molar-refractivity contribution is 5.72. The zero-order chi connectivity index (χ0) is 37.0. The molecule has 4 unspecified atom stereocenters. The second kappa shape index (κ2) is 22.8. The minimum atomic E-state index is -0.431. The van der Waals surface area contributed by atoms with E-state index in [0.29, 0.717) is 29.8 Å². The van der Waals surface area contributed by atoms with Gasteiger partial charge in [-0.25, -0.2) is 0 Å². The molecule has 0 radical (unpaired) electrons. The van der Waals surface area contributed by atoms with Gasteiger partial charge in [0.1, 0.15) is 12.7 Å². The van der Waals surface area contributed by atoms with Crippen molar-refractivity contribution in [3.05, 3.63) is 23.8 Å². The molecule has 0 saturated heterocycles. The van der Waals surface area contributed by atoms with Gasteiger partial charge in [-0.15, -0.1) is 0 Å². The first-order valence-electron chi connectivity index (χ1n) is 21.3. The highest BCUT2D eigenvalue weighted by Gasteiger charge is 2.59. The van der Waals surface area contributed by atoms with Crippen molar-refractivity contribution in [2.75, 3.05) is 33.9 Å². The molecule has 3 saturated carbocycles. The van der Waals surface area contributed by atoms with Crippen molar-refractivity contribution in [2.24, 2.45) is 46.3 Å². The molecule has 0 aromatic carbocycles. The number of ether oxygens (including phenoxy) is 3. The molecule has 4 rings (SSSR count). The monoisotopic (exact) mass is 744 g/mol. The summed E-state index contributed by atoms with van der Waals surface area (Å²) in [6.07, 6.45) is 25.9. The van der Waals surface area contributed by atoms with Crippen molar-refractivity contribution < 1.29 is 23.8 Å². The molecule has 0 amide bonds. The molecule has 0 bridgehead atoms. The Balaban J connectivity index is 0.00000486. The Morgan fingerprint density at radius 3 is 2.40 bits per heavy atom. The lowest BCUT2D eigenvalue weighted by molar-refractivity contribution is -0.155. The number of rotatable bonds is 21. The van der Waals surface area contributed by atoms with Crippen molar-refractivity contribution in [1.29, 1.82) is 0 Å². The second-order valence-corrected chi connectivity index (χ2v) is 18.3. The minimum absolute atomic E-state index is 0. The summed E-state index contributed by atoms with van der Waals surface area (Å²) in [5.74, 6) is 4.71. The van der Waals surface area contributed by atoms with Gasteiger partial charge in [-0.2, -0.15) is 0 Å². The summed E-state index contributed by atoms with van der Waals surface area (Å²) >= 11 is 0. The van der Waals surface area contributed by atoms with Crippen LogP contribution in [0.25, 0.3) is 0 Å². The predicted octanol–water partition coefficient (Wildman–Crippen LogP) is 12.0. The summed E-state index contributed by atoms with van der Waals surface area (Å²) in [5, 5.41) is 0. The molecule has 6 nitrogen and oxygen atoms in total. The van der Waals surface area contributed by atoms with Gasteiger partial charge in [0.2, 0.25) is 0 Å². The first-order valence-corrected chi connectivity index (χ1v) is 21.3. The molecule has 0 spiro atoms. The van der Waals surface area contributed by atoms with Crippen molar-refractivity contribution in [1.82, 2.24) is 4.90 Å². The Morgan fingerprint density at radius 2 is 1.68 bits per heavy atom. The quantitative estimate of drug-likeness (QED) is 0.0662. The van der Waals surface area contributed by atoms with Crippen molar-refractivity contribution in [3.63, 3.8) is 0 Å². The maximum Gasteiger partial charge on any atom is 0.309 e. The van der Waals surface area contributed by atoms with E-state index in [1.807, 2.05) is 27.1 Å². The Morgan fingerprint density at radius 1 is 0.906 bits per heavy atom. The number of fused-ring (bicyclic) bond motifs is 5. The van der Waals surface area contributed by atoms with Crippen LogP contribution in [0, 0.1) is 46.3 Å². The van der Waals surface area contributed by atoms with Gasteiger partial charge >= 0.3 is 11.9 Å². The molecule has 3 fully saturated rings. The molecule has 308 valence electrons. The van der Waals surface area contributed by atoms with E-state index in [1.165, 1.54) is 64.2 Å². The van der Waals surface area contributed by atoms with Crippen LogP contribution in [0.5, 0.6) is 0 Å². The SMILES string of the molecule is C.C.C/C=C/COC(=O)CC(CCCCCO[C@H]1CC[C@@]2(C)C(=CCC3C2CC[C@@]2(C)C3CC[C@@H]2[C@H](C)CCCC(C)C)C1)OC(=O)CCCN(C)C. The normalized spacial score (nSPS) is 30.4. The molecular weight excluding hydrogens is 659 g/mol. The zero-order valence-corrected chi connectivity index (χ0v) is 34.2. The summed E-state index contributed by atoms with van der Waals surface area (Å²) in [6.45, 7) is 16.4. The molecule has 9 atom stereocenters. The van der Waals surface area contributed by atoms with Crippen LogP contribution in [-0.2, 0) is 23.8 Å². The number of unbranched alkanes of at least 4 members (excludes halogenated alkanes) is 2.